The maximum Gasteiger partial charge on any atom is 0.192 e. The third kappa shape index (κ3) is 5.10. The Hall–Kier alpha value is 0.137. The predicted octanol–water partition coefficient (Wildman–Crippen LogP) is 4.34. The molecule has 17 heavy (non-hydrogen) atoms. The topological polar surface area (TPSA) is 29.5 Å². The highest BCUT2D eigenvalue weighted by molar-refractivity contribution is 6.73. The Labute approximate surface area is 109 Å². The van der Waals surface area contributed by atoms with Crippen LogP contribution in [-0.4, -0.2) is 25.1 Å². The van der Waals surface area contributed by atoms with Gasteiger partial charge in [-0.05, 0) is 38.4 Å². The van der Waals surface area contributed by atoms with Crippen LogP contribution >= 0.6 is 0 Å². The van der Waals surface area contributed by atoms with E-state index in [0.29, 0.717) is 0 Å². The lowest BCUT2D eigenvalue weighted by atomic mass is 9.94. The van der Waals surface area contributed by atoms with Gasteiger partial charge in [-0.1, -0.05) is 40.5 Å². The van der Waals surface area contributed by atoms with Gasteiger partial charge >= 0.3 is 0 Å². The molecule has 0 fully saturated rings. The fourth-order valence-corrected chi connectivity index (χ4v) is 5.24. The van der Waals surface area contributed by atoms with Crippen molar-refractivity contribution in [1.29, 1.82) is 0 Å². The van der Waals surface area contributed by atoms with E-state index in [1.165, 1.54) is 0 Å². The number of unbranched alkanes of at least 4 members (excludes halogenated alkanes) is 1. The van der Waals surface area contributed by atoms with Crippen molar-refractivity contribution in [3.8, 4) is 0 Å². The first kappa shape index (κ1) is 17.1. The van der Waals surface area contributed by atoms with E-state index < -0.39 is 13.9 Å². The van der Waals surface area contributed by atoms with Gasteiger partial charge in [-0.2, -0.15) is 0 Å². The highest BCUT2D eigenvalue weighted by Crippen LogP contribution is 2.29. The van der Waals surface area contributed by atoms with Crippen molar-refractivity contribution in [3.05, 3.63) is 0 Å². The molecule has 0 amide bonds. The fraction of sp³-hybridized carbons (Fsp3) is 1.00. The molecular weight excluding hydrogens is 228 g/mol. The van der Waals surface area contributed by atoms with Crippen LogP contribution in [0.3, 0.4) is 0 Å². The van der Waals surface area contributed by atoms with Gasteiger partial charge in [0.25, 0.3) is 0 Å². The summed E-state index contributed by atoms with van der Waals surface area (Å²) in [5.74, 6) is 0. The summed E-state index contributed by atoms with van der Waals surface area (Å²) in [5.41, 5.74) is -0.673. The van der Waals surface area contributed by atoms with Crippen LogP contribution in [0.4, 0.5) is 0 Å². The normalized spacial score (nSPS) is 17.8. The quantitative estimate of drug-likeness (QED) is 0.625. The zero-order valence-corrected chi connectivity index (χ0v) is 13.7. The molecule has 0 saturated carbocycles. The molecule has 0 aromatic rings. The monoisotopic (exact) mass is 260 g/mol. The van der Waals surface area contributed by atoms with Crippen LogP contribution in [0.5, 0.6) is 0 Å². The molecule has 2 atom stereocenters. The van der Waals surface area contributed by atoms with Crippen LogP contribution in [-0.2, 0) is 4.43 Å². The number of aliphatic hydroxyl groups is 1. The molecule has 0 aliphatic carbocycles. The molecule has 0 rings (SSSR count). The molecule has 3 heteroatoms. The third-order valence-corrected chi connectivity index (χ3v) is 8.99. The summed E-state index contributed by atoms with van der Waals surface area (Å²) < 4.78 is 6.34. The van der Waals surface area contributed by atoms with Crippen molar-refractivity contribution in [1.82, 2.24) is 0 Å². The van der Waals surface area contributed by atoms with Crippen molar-refractivity contribution in [2.75, 3.05) is 0 Å². The van der Waals surface area contributed by atoms with Crippen LogP contribution < -0.4 is 0 Å². The number of rotatable bonds is 9. The van der Waals surface area contributed by atoms with Gasteiger partial charge in [0.1, 0.15) is 0 Å². The first-order chi connectivity index (χ1) is 7.87. The second-order valence-electron chi connectivity index (χ2n) is 5.46. The standard InChI is InChI=1S/C14H32O2Si/c1-7-11-12-14(6,15)13(5)16-17(8-2,9-3)10-4/h13,15H,7-12H2,1-6H3/t13-,14+/m0/s1. The van der Waals surface area contributed by atoms with Crippen LogP contribution in [0.1, 0.15) is 60.8 Å². The molecule has 0 radical (unpaired) electrons. The van der Waals surface area contributed by atoms with E-state index >= 15 is 0 Å². The molecule has 0 aromatic heterocycles. The van der Waals surface area contributed by atoms with E-state index in [4.69, 9.17) is 4.43 Å². The Morgan fingerprint density at radius 3 is 1.94 bits per heavy atom. The van der Waals surface area contributed by atoms with Gasteiger partial charge in [-0.3, -0.25) is 0 Å². The molecule has 0 aliphatic heterocycles. The second kappa shape index (κ2) is 7.55. The minimum atomic E-state index is -1.59. The van der Waals surface area contributed by atoms with Gasteiger partial charge in [0.05, 0.1) is 11.7 Å². The molecule has 0 bridgehead atoms. The van der Waals surface area contributed by atoms with Crippen molar-refractivity contribution in [2.45, 2.75) is 90.6 Å². The van der Waals surface area contributed by atoms with E-state index in [-0.39, 0.29) is 6.10 Å². The average Bonchev–Trinajstić information content (AvgIpc) is 2.33. The van der Waals surface area contributed by atoms with Crippen LogP contribution in [0.25, 0.3) is 0 Å². The lowest BCUT2D eigenvalue weighted by Gasteiger charge is -2.38. The van der Waals surface area contributed by atoms with E-state index in [9.17, 15) is 5.11 Å². The Bertz CT molecular complexity index is 192. The van der Waals surface area contributed by atoms with Crippen molar-refractivity contribution < 1.29 is 9.53 Å². The summed E-state index contributed by atoms with van der Waals surface area (Å²) in [7, 11) is -1.59. The highest BCUT2D eigenvalue weighted by atomic mass is 28.4. The minimum Gasteiger partial charge on any atom is -0.411 e. The van der Waals surface area contributed by atoms with Gasteiger partial charge in [0.15, 0.2) is 8.32 Å². The molecule has 0 aliphatic rings. The molecule has 0 spiro atoms. The van der Waals surface area contributed by atoms with Gasteiger partial charge < -0.3 is 9.53 Å². The molecular formula is C14H32O2Si. The van der Waals surface area contributed by atoms with Crippen molar-refractivity contribution in [3.63, 3.8) is 0 Å². The fourth-order valence-electron chi connectivity index (χ4n) is 2.24. The van der Waals surface area contributed by atoms with Gasteiger partial charge in [0, 0.05) is 0 Å². The third-order valence-electron chi connectivity index (χ3n) is 4.27. The molecule has 104 valence electrons. The van der Waals surface area contributed by atoms with Gasteiger partial charge in [0.2, 0.25) is 0 Å². The zero-order chi connectivity index (χ0) is 13.5. The summed E-state index contributed by atoms with van der Waals surface area (Å²) in [6, 6.07) is 3.44. The van der Waals surface area contributed by atoms with Crippen molar-refractivity contribution in [2.24, 2.45) is 0 Å². The molecule has 0 heterocycles. The van der Waals surface area contributed by atoms with Crippen LogP contribution in [0.2, 0.25) is 18.1 Å². The predicted molar refractivity (Wildman–Crippen MR) is 77.9 cm³/mol. The van der Waals surface area contributed by atoms with E-state index in [1.54, 1.807) is 0 Å². The molecule has 0 saturated heterocycles. The number of hydrogen-bond acceptors (Lipinski definition) is 2. The van der Waals surface area contributed by atoms with E-state index in [1.807, 2.05) is 13.8 Å². The summed E-state index contributed by atoms with van der Waals surface area (Å²) >= 11 is 0. The molecule has 1 N–H and O–H groups in total. The lowest BCUT2D eigenvalue weighted by Crippen LogP contribution is -2.48. The zero-order valence-electron chi connectivity index (χ0n) is 12.7. The minimum absolute atomic E-state index is 0.0411. The maximum atomic E-state index is 10.5. The van der Waals surface area contributed by atoms with Crippen molar-refractivity contribution >= 4 is 8.32 Å². The Morgan fingerprint density at radius 2 is 1.59 bits per heavy atom. The average molecular weight is 260 g/mol. The highest BCUT2D eigenvalue weighted by Gasteiger charge is 2.37. The molecule has 2 nitrogen and oxygen atoms in total. The van der Waals surface area contributed by atoms with Crippen LogP contribution in [0, 0.1) is 0 Å². The Morgan fingerprint density at radius 1 is 1.12 bits per heavy atom. The first-order valence-electron chi connectivity index (χ1n) is 7.27. The molecule has 0 aromatic carbocycles. The largest absolute Gasteiger partial charge is 0.411 e. The summed E-state index contributed by atoms with van der Waals surface area (Å²) in [6.07, 6.45) is 2.99. The van der Waals surface area contributed by atoms with E-state index in [0.717, 1.165) is 37.4 Å². The van der Waals surface area contributed by atoms with Crippen LogP contribution in [0.15, 0.2) is 0 Å². The van der Waals surface area contributed by atoms with Gasteiger partial charge in [-0.25, -0.2) is 0 Å². The SMILES string of the molecule is CCCC[C@@](C)(O)[C@H](C)O[Si](CC)(CC)CC. The Kier molecular flexibility index (Phi) is 7.61. The maximum absolute atomic E-state index is 10.5. The summed E-state index contributed by atoms with van der Waals surface area (Å²) in [6.45, 7) is 12.8. The second-order valence-corrected chi connectivity index (χ2v) is 10.2. The van der Waals surface area contributed by atoms with E-state index in [2.05, 4.69) is 27.7 Å². The molecule has 0 unspecified atom stereocenters. The summed E-state index contributed by atoms with van der Waals surface area (Å²) in [4.78, 5) is 0. The first-order valence-corrected chi connectivity index (χ1v) is 9.80. The lowest BCUT2D eigenvalue weighted by molar-refractivity contribution is -0.0512. The smallest absolute Gasteiger partial charge is 0.192 e. The number of hydrogen-bond donors (Lipinski definition) is 1. The summed E-state index contributed by atoms with van der Waals surface area (Å²) in [5, 5.41) is 10.5. The van der Waals surface area contributed by atoms with Gasteiger partial charge in [-0.15, -0.1) is 0 Å². The Balaban J connectivity index is 4.53.